The number of hydrogen-bond acceptors (Lipinski definition) is 6. The minimum absolute atomic E-state index is 0.273. The maximum absolute atomic E-state index is 10.7. The predicted octanol–water partition coefficient (Wildman–Crippen LogP) is -0.759. The number of aliphatic hydroxyl groups is 1. The van der Waals surface area contributed by atoms with E-state index in [1.807, 2.05) is 0 Å². The molecule has 0 aliphatic carbocycles. The number of ether oxygens (including phenoxy) is 3. The topological polar surface area (TPSA) is 82.1 Å². The Labute approximate surface area is 87.1 Å². The van der Waals surface area contributed by atoms with E-state index in [4.69, 9.17) is 14.2 Å². The van der Waals surface area contributed by atoms with Crippen LogP contribution in [0.15, 0.2) is 0 Å². The Bertz CT molecular complexity index is 251. The van der Waals surface area contributed by atoms with Gasteiger partial charge in [-0.05, 0) is 13.8 Å². The van der Waals surface area contributed by atoms with Crippen molar-refractivity contribution in [1.29, 1.82) is 0 Å². The Morgan fingerprint density at radius 3 is 2.60 bits per heavy atom. The lowest BCUT2D eigenvalue weighted by Crippen LogP contribution is -2.47. The van der Waals surface area contributed by atoms with Crippen LogP contribution in [0.4, 0.5) is 0 Å². The maximum Gasteiger partial charge on any atom is 0.228 e. The van der Waals surface area contributed by atoms with E-state index in [-0.39, 0.29) is 6.61 Å². The Balaban J connectivity index is 2.85. The van der Waals surface area contributed by atoms with Crippen molar-refractivity contribution >= 4 is 12.6 Å². The first-order valence-electron chi connectivity index (χ1n) is 4.51. The van der Waals surface area contributed by atoms with Crippen LogP contribution in [-0.4, -0.2) is 48.6 Å². The van der Waals surface area contributed by atoms with E-state index >= 15 is 0 Å². The quantitative estimate of drug-likeness (QED) is 0.611. The van der Waals surface area contributed by atoms with E-state index < -0.39 is 24.3 Å². The first kappa shape index (κ1) is 12.3. The van der Waals surface area contributed by atoms with Gasteiger partial charge in [0.25, 0.3) is 0 Å². The molecule has 0 aromatic carbocycles. The average Bonchev–Trinajstić information content (AvgIpc) is 2.47. The van der Waals surface area contributed by atoms with Crippen molar-refractivity contribution in [2.24, 2.45) is 0 Å². The summed E-state index contributed by atoms with van der Waals surface area (Å²) in [5.74, 6) is -2.61. The smallest absolute Gasteiger partial charge is 0.228 e. The molecule has 0 bridgehead atoms. The fraction of sp³-hybridized carbons (Fsp3) is 0.778. The molecule has 0 saturated carbocycles. The summed E-state index contributed by atoms with van der Waals surface area (Å²) < 4.78 is 15.5. The van der Waals surface area contributed by atoms with E-state index in [9.17, 15) is 14.7 Å². The largest absolute Gasteiger partial charge is 0.391 e. The Morgan fingerprint density at radius 2 is 2.13 bits per heavy atom. The third kappa shape index (κ3) is 2.40. The second-order valence-corrected chi connectivity index (χ2v) is 3.62. The monoisotopic (exact) mass is 218 g/mol. The van der Waals surface area contributed by atoms with Gasteiger partial charge in [0.15, 0.2) is 18.2 Å². The van der Waals surface area contributed by atoms with Crippen molar-refractivity contribution in [3.8, 4) is 0 Å². The molecule has 1 aliphatic heterocycles. The van der Waals surface area contributed by atoms with Gasteiger partial charge in [0.2, 0.25) is 5.79 Å². The van der Waals surface area contributed by atoms with Crippen LogP contribution in [0.5, 0.6) is 0 Å². The summed E-state index contributed by atoms with van der Waals surface area (Å²) in [5, 5.41) is 9.17. The second-order valence-electron chi connectivity index (χ2n) is 3.62. The highest BCUT2D eigenvalue weighted by Crippen LogP contribution is 2.36. The van der Waals surface area contributed by atoms with Gasteiger partial charge in [-0.2, -0.15) is 0 Å². The molecule has 0 aromatic heterocycles. The number of aliphatic hydroxyl groups excluding tert-OH is 1. The highest BCUT2D eigenvalue weighted by Gasteiger charge is 2.54. The summed E-state index contributed by atoms with van der Waals surface area (Å²) in [4.78, 5) is 20.9. The van der Waals surface area contributed by atoms with Gasteiger partial charge in [-0.15, -0.1) is 0 Å². The van der Waals surface area contributed by atoms with Crippen LogP contribution >= 0.6 is 0 Å². The number of carbonyl (C=O) groups excluding carboxylic acids is 2. The summed E-state index contributed by atoms with van der Waals surface area (Å²) >= 11 is 0. The number of hydrogen-bond donors (Lipinski definition) is 1. The summed E-state index contributed by atoms with van der Waals surface area (Å²) in [6, 6.07) is 0. The highest BCUT2D eigenvalue weighted by molar-refractivity contribution is 5.59. The molecule has 0 radical (unpaired) electrons. The first-order valence-corrected chi connectivity index (χ1v) is 4.51. The van der Waals surface area contributed by atoms with Gasteiger partial charge < -0.3 is 28.9 Å². The van der Waals surface area contributed by atoms with Gasteiger partial charge in [-0.3, -0.25) is 0 Å². The third-order valence-corrected chi connectivity index (χ3v) is 2.00. The van der Waals surface area contributed by atoms with Crippen LogP contribution in [0.3, 0.4) is 0 Å². The highest BCUT2D eigenvalue weighted by atomic mass is 16.8. The van der Waals surface area contributed by atoms with Crippen LogP contribution < -0.4 is 0 Å². The Hall–Kier alpha value is -0.820. The molecule has 1 aliphatic rings. The Morgan fingerprint density at radius 1 is 1.47 bits per heavy atom. The van der Waals surface area contributed by atoms with E-state index in [1.54, 1.807) is 13.8 Å². The summed E-state index contributed by atoms with van der Waals surface area (Å²) in [7, 11) is 0. The van der Waals surface area contributed by atoms with Crippen LogP contribution in [0.1, 0.15) is 13.8 Å². The number of rotatable bonds is 5. The van der Waals surface area contributed by atoms with Gasteiger partial charge in [-0.25, -0.2) is 0 Å². The van der Waals surface area contributed by atoms with E-state index in [0.717, 1.165) is 0 Å². The summed E-state index contributed by atoms with van der Waals surface area (Å²) in [5.41, 5.74) is 0. The molecular weight excluding hydrogens is 204 g/mol. The van der Waals surface area contributed by atoms with Crippen molar-refractivity contribution in [2.75, 3.05) is 13.2 Å². The fourth-order valence-electron chi connectivity index (χ4n) is 1.48. The lowest BCUT2D eigenvalue weighted by Gasteiger charge is -2.28. The summed E-state index contributed by atoms with van der Waals surface area (Å²) in [6.45, 7) is 2.34. The van der Waals surface area contributed by atoms with Crippen molar-refractivity contribution in [3.63, 3.8) is 0 Å². The molecule has 1 heterocycles. The zero-order valence-corrected chi connectivity index (χ0v) is 8.63. The molecular formula is C9H14O6. The lowest BCUT2D eigenvalue weighted by molar-refractivity contribution is -0.265. The molecule has 6 heteroatoms. The molecule has 86 valence electrons. The number of aldehydes is 2. The molecule has 1 fully saturated rings. The molecule has 15 heavy (non-hydrogen) atoms. The minimum Gasteiger partial charge on any atom is -0.391 e. The first-order chi connectivity index (χ1) is 6.99. The lowest BCUT2D eigenvalue weighted by atomic mass is 10.2. The zero-order valence-electron chi connectivity index (χ0n) is 8.63. The van der Waals surface area contributed by atoms with Gasteiger partial charge >= 0.3 is 0 Å². The van der Waals surface area contributed by atoms with Gasteiger partial charge in [0.1, 0.15) is 19.5 Å². The van der Waals surface area contributed by atoms with Crippen LogP contribution in [0, 0.1) is 0 Å². The molecule has 0 amide bonds. The fourth-order valence-corrected chi connectivity index (χ4v) is 1.48. The van der Waals surface area contributed by atoms with E-state index in [0.29, 0.717) is 12.6 Å². The number of carbonyl (C=O) groups is 2. The zero-order chi connectivity index (χ0) is 11.5. The molecule has 1 N–H and O–H groups in total. The molecule has 0 aromatic rings. The maximum atomic E-state index is 10.7. The molecule has 6 nitrogen and oxygen atoms in total. The molecule has 0 unspecified atom stereocenters. The Kier molecular flexibility index (Phi) is 3.56. The average molecular weight is 218 g/mol. The van der Waals surface area contributed by atoms with Crippen molar-refractivity contribution in [1.82, 2.24) is 0 Å². The van der Waals surface area contributed by atoms with E-state index in [2.05, 4.69) is 0 Å². The van der Waals surface area contributed by atoms with Crippen molar-refractivity contribution in [3.05, 3.63) is 0 Å². The molecule has 1 saturated heterocycles. The third-order valence-electron chi connectivity index (χ3n) is 2.00. The predicted molar refractivity (Wildman–Crippen MR) is 47.9 cm³/mol. The van der Waals surface area contributed by atoms with Crippen molar-refractivity contribution < 1.29 is 28.9 Å². The second kappa shape index (κ2) is 4.36. The van der Waals surface area contributed by atoms with Crippen LogP contribution in [0.25, 0.3) is 0 Å². The molecule has 2 atom stereocenters. The van der Waals surface area contributed by atoms with Gasteiger partial charge in [0, 0.05) is 0 Å². The SMILES string of the molecule is CC1(C)O[C@H](C=O)[C@](CO)(OCC=O)O1. The summed E-state index contributed by atoms with van der Waals surface area (Å²) in [6.07, 6.45) is -0.0542. The molecule has 1 rings (SSSR count). The van der Waals surface area contributed by atoms with Gasteiger partial charge in [-0.1, -0.05) is 0 Å². The standard InChI is InChI=1S/C9H14O6/c1-8(2)14-7(5-11)9(6-12,15-8)13-4-3-10/h3,5,7,12H,4,6H2,1-2H3/t7-,9-/m1/s1. The van der Waals surface area contributed by atoms with Crippen molar-refractivity contribution in [2.45, 2.75) is 31.5 Å². The van der Waals surface area contributed by atoms with Crippen LogP contribution in [0.2, 0.25) is 0 Å². The molecule has 0 spiro atoms. The van der Waals surface area contributed by atoms with Gasteiger partial charge in [0.05, 0.1) is 0 Å². The normalized spacial score (nSPS) is 33.9. The van der Waals surface area contributed by atoms with Crippen LogP contribution in [-0.2, 0) is 23.8 Å². The van der Waals surface area contributed by atoms with E-state index in [1.165, 1.54) is 0 Å². The minimum atomic E-state index is -1.58.